The molecule has 3 heteroatoms. The monoisotopic (exact) mass is 233 g/mol. The fourth-order valence-corrected chi connectivity index (χ4v) is 2.67. The van der Waals surface area contributed by atoms with Crippen molar-refractivity contribution in [2.75, 3.05) is 32.6 Å². The fourth-order valence-electron chi connectivity index (χ4n) is 2.67. The van der Waals surface area contributed by atoms with Crippen LogP contribution in [-0.4, -0.2) is 38.6 Å². The fraction of sp³-hybridized carbons (Fsp3) is 0.571. The van der Waals surface area contributed by atoms with Crippen molar-refractivity contribution in [2.45, 2.75) is 24.9 Å². The Labute approximate surface area is 104 Å². The van der Waals surface area contributed by atoms with Gasteiger partial charge in [0.05, 0.1) is 0 Å². The van der Waals surface area contributed by atoms with Crippen LogP contribution in [0.4, 0.5) is 5.69 Å². The molecule has 1 aromatic carbocycles. The lowest BCUT2D eigenvalue weighted by atomic mass is 9.91. The van der Waals surface area contributed by atoms with Crippen LogP contribution in [0.15, 0.2) is 24.3 Å². The Morgan fingerprint density at radius 1 is 1.24 bits per heavy atom. The minimum Gasteiger partial charge on any atom is -0.378 e. The van der Waals surface area contributed by atoms with Crippen LogP contribution in [0, 0.1) is 0 Å². The van der Waals surface area contributed by atoms with Crippen molar-refractivity contribution < 1.29 is 0 Å². The third-order valence-corrected chi connectivity index (χ3v) is 3.68. The molecule has 0 amide bonds. The first-order chi connectivity index (χ1) is 8.09. The summed E-state index contributed by atoms with van der Waals surface area (Å²) < 4.78 is 0. The van der Waals surface area contributed by atoms with Crippen LogP contribution in [-0.2, 0) is 0 Å². The van der Waals surface area contributed by atoms with Gasteiger partial charge < -0.3 is 10.6 Å². The van der Waals surface area contributed by atoms with Gasteiger partial charge in [-0.2, -0.15) is 0 Å². The van der Waals surface area contributed by atoms with Gasteiger partial charge in [-0.1, -0.05) is 12.1 Å². The van der Waals surface area contributed by atoms with Gasteiger partial charge in [-0.3, -0.25) is 4.90 Å². The van der Waals surface area contributed by atoms with E-state index in [1.807, 2.05) is 0 Å². The van der Waals surface area contributed by atoms with E-state index in [2.05, 4.69) is 55.2 Å². The Balaban J connectivity index is 2.20. The number of anilines is 1. The highest BCUT2D eigenvalue weighted by atomic mass is 15.2. The largest absolute Gasteiger partial charge is 0.378 e. The molecule has 2 N–H and O–H groups in total. The predicted molar refractivity (Wildman–Crippen MR) is 73.3 cm³/mol. The van der Waals surface area contributed by atoms with Gasteiger partial charge >= 0.3 is 0 Å². The van der Waals surface area contributed by atoms with Crippen molar-refractivity contribution in [1.82, 2.24) is 4.90 Å². The highest BCUT2D eigenvalue weighted by Crippen LogP contribution is 2.29. The second-order valence-electron chi connectivity index (χ2n) is 5.22. The van der Waals surface area contributed by atoms with Crippen molar-refractivity contribution in [3.8, 4) is 0 Å². The molecule has 0 aromatic heterocycles. The van der Waals surface area contributed by atoms with Crippen LogP contribution in [0.3, 0.4) is 0 Å². The number of benzene rings is 1. The summed E-state index contributed by atoms with van der Waals surface area (Å²) in [6.45, 7) is 1.15. The van der Waals surface area contributed by atoms with E-state index in [-0.39, 0.29) is 6.04 Å². The van der Waals surface area contributed by atoms with Crippen molar-refractivity contribution >= 4 is 5.69 Å². The zero-order valence-electron chi connectivity index (χ0n) is 11.1. The topological polar surface area (TPSA) is 32.5 Å². The van der Waals surface area contributed by atoms with Crippen LogP contribution in [0.5, 0.6) is 0 Å². The Morgan fingerprint density at radius 3 is 2.41 bits per heavy atom. The first kappa shape index (κ1) is 12.4. The molecule has 17 heavy (non-hydrogen) atoms. The number of nitrogens with zero attached hydrogens (tertiary/aromatic N) is 2. The van der Waals surface area contributed by atoms with Gasteiger partial charge in [0.15, 0.2) is 0 Å². The van der Waals surface area contributed by atoms with E-state index < -0.39 is 0 Å². The van der Waals surface area contributed by atoms with Crippen molar-refractivity contribution in [3.05, 3.63) is 29.8 Å². The summed E-state index contributed by atoms with van der Waals surface area (Å²) in [5, 5.41) is 0. The third kappa shape index (κ3) is 2.61. The normalized spacial score (nSPS) is 25.9. The molecule has 1 heterocycles. The summed E-state index contributed by atoms with van der Waals surface area (Å²) >= 11 is 0. The predicted octanol–water partition coefficient (Wildman–Crippen LogP) is 1.85. The van der Waals surface area contributed by atoms with Crippen LogP contribution < -0.4 is 10.6 Å². The van der Waals surface area contributed by atoms with Gasteiger partial charge in [0, 0.05) is 31.9 Å². The molecule has 0 saturated carbocycles. The number of rotatable bonds is 2. The van der Waals surface area contributed by atoms with E-state index in [0.29, 0.717) is 6.04 Å². The van der Waals surface area contributed by atoms with E-state index >= 15 is 0 Å². The molecule has 1 aliphatic heterocycles. The second kappa shape index (κ2) is 5.07. The number of piperidine rings is 1. The molecule has 1 aromatic rings. The van der Waals surface area contributed by atoms with Gasteiger partial charge in [0.25, 0.3) is 0 Å². The number of nitrogens with two attached hydrogens (primary N) is 1. The molecule has 2 rings (SSSR count). The van der Waals surface area contributed by atoms with Crippen molar-refractivity contribution in [1.29, 1.82) is 0 Å². The molecule has 1 fully saturated rings. The summed E-state index contributed by atoms with van der Waals surface area (Å²) in [7, 11) is 6.30. The maximum absolute atomic E-state index is 6.25. The molecular formula is C14H23N3. The van der Waals surface area contributed by atoms with Crippen molar-refractivity contribution in [2.24, 2.45) is 5.73 Å². The second-order valence-corrected chi connectivity index (χ2v) is 5.22. The molecule has 2 unspecified atom stereocenters. The minimum atomic E-state index is 0.263. The molecule has 0 bridgehead atoms. The zero-order chi connectivity index (χ0) is 12.4. The molecule has 3 nitrogen and oxygen atoms in total. The molecular weight excluding hydrogens is 210 g/mol. The van der Waals surface area contributed by atoms with E-state index in [1.165, 1.54) is 17.7 Å². The average Bonchev–Trinajstić information content (AvgIpc) is 2.29. The van der Waals surface area contributed by atoms with Crippen LogP contribution >= 0.6 is 0 Å². The highest BCUT2D eigenvalue weighted by Gasteiger charge is 2.27. The summed E-state index contributed by atoms with van der Waals surface area (Å²) in [4.78, 5) is 4.49. The minimum absolute atomic E-state index is 0.263. The lowest BCUT2D eigenvalue weighted by Crippen LogP contribution is -2.43. The third-order valence-electron chi connectivity index (χ3n) is 3.68. The van der Waals surface area contributed by atoms with Gasteiger partial charge in [0.2, 0.25) is 0 Å². The number of likely N-dealkylation sites (tertiary alicyclic amines) is 1. The van der Waals surface area contributed by atoms with Gasteiger partial charge in [-0.25, -0.2) is 0 Å². The van der Waals surface area contributed by atoms with Crippen LogP contribution in [0.2, 0.25) is 0 Å². The molecule has 1 saturated heterocycles. The molecule has 2 atom stereocenters. The molecule has 0 aliphatic carbocycles. The Kier molecular flexibility index (Phi) is 3.69. The van der Waals surface area contributed by atoms with Crippen LogP contribution in [0.25, 0.3) is 0 Å². The number of hydrogen-bond acceptors (Lipinski definition) is 3. The quantitative estimate of drug-likeness (QED) is 0.846. The smallest absolute Gasteiger partial charge is 0.0496 e. The maximum atomic E-state index is 6.25. The standard InChI is InChI=1S/C14H23N3/c1-16(2)12-8-6-11(7-9-12)14-13(15)5-4-10-17(14)3/h6-9,13-14H,4-5,10,15H2,1-3H3. The lowest BCUT2D eigenvalue weighted by Gasteiger charge is -2.37. The lowest BCUT2D eigenvalue weighted by molar-refractivity contribution is 0.163. The van der Waals surface area contributed by atoms with E-state index in [0.717, 1.165) is 13.0 Å². The van der Waals surface area contributed by atoms with E-state index in [1.54, 1.807) is 0 Å². The molecule has 94 valence electrons. The molecule has 0 spiro atoms. The Bertz CT molecular complexity index is 348. The van der Waals surface area contributed by atoms with E-state index in [4.69, 9.17) is 5.73 Å². The average molecular weight is 233 g/mol. The number of likely N-dealkylation sites (N-methyl/N-ethyl adjacent to an activating group) is 1. The first-order valence-corrected chi connectivity index (χ1v) is 6.32. The first-order valence-electron chi connectivity index (χ1n) is 6.32. The summed E-state index contributed by atoms with van der Waals surface area (Å²) in [5.41, 5.74) is 8.82. The van der Waals surface area contributed by atoms with E-state index in [9.17, 15) is 0 Å². The van der Waals surface area contributed by atoms with Gasteiger partial charge in [-0.15, -0.1) is 0 Å². The maximum Gasteiger partial charge on any atom is 0.0496 e. The summed E-state index contributed by atoms with van der Waals surface area (Å²) in [5.74, 6) is 0. The summed E-state index contributed by atoms with van der Waals surface area (Å²) in [6, 6.07) is 9.40. The van der Waals surface area contributed by atoms with Gasteiger partial charge in [-0.05, 0) is 44.1 Å². The van der Waals surface area contributed by atoms with Crippen LogP contribution in [0.1, 0.15) is 24.4 Å². The Morgan fingerprint density at radius 2 is 1.88 bits per heavy atom. The SMILES string of the molecule is CN(C)c1ccc(C2C(N)CCCN2C)cc1. The highest BCUT2D eigenvalue weighted by molar-refractivity contribution is 5.46. The van der Waals surface area contributed by atoms with Gasteiger partial charge in [0.1, 0.15) is 0 Å². The summed E-state index contributed by atoms with van der Waals surface area (Å²) in [6.07, 6.45) is 2.34. The zero-order valence-corrected chi connectivity index (χ0v) is 11.1. The molecule has 0 radical (unpaired) electrons. The van der Waals surface area contributed by atoms with Crippen molar-refractivity contribution in [3.63, 3.8) is 0 Å². The number of hydrogen-bond donors (Lipinski definition) is 1. The molecule has 1 aliphatic rings. The Hall–Kier alpha value is -1.06.